The molecule has 0 saturated heterocycles. The van der Waals surface area contributed by atoms with Crippen LogP contribution in [0.2, 0.25) is 0 Å². The third-order valence-corrected chi connectivity index (χ3v) is 3.56. The van der Waals surface area contributed by atoms with Crippen LogP contribution >= 0.6 is 15.9 Å². The van der Waals surface area contributed by atoms with Crippen molar-refractivity contribution in [3.05, 3.63) is 59.7 Å². The lowest BCUT2D eigenvalue weighted by atomic mass is 10.1. The number of carbonyl (C=O) groups excluding carboxylic acids is 1. The molecule has 0 fully saturated rings. The SMILES string of the molecule is CCOc1ccc(C(=O)CBr)cc1NCc1ccccc1. The Morgan fingerprint density at radius 3 is 2.62 bits per heavy atom. The second-order valence-electron chi connectivity index (χ2n) is 4.54. The van der Waals surface area contributed by atoms with Crippen molar-refractivity contribution >= 4 is 27.4 Å². The first-order valence-corrected chi connectivity index (χ1v) is 8.00. The van der Waals surface area contributed by atoms with Gasteiger partial charge in [0.05, 0.1) is 17.6 Å². The van der Waals surface area contributed by atoms with E-state index in [2.05, 4.69) is 33.4 Å². The Hall–Kier alpha value is -1.81. The fourth-order valence-electron chi connectivity index (χ4n) is 1.99. The maximum Gasteiger partial charge on any atom is 0.173 e. The summed E-state index contributed by atoms with van der Waals surface area (Å²) in [6.07, 6.45) is 0. The lowest BCUT2D eigenvalue weighted by molar-refractivity contribution is 0.102. The standard InChI is InChI=1S/C17H18BrNO2/c1-2-21-17-9-8-14(16(20)11-18)10-15(17)19-12-13-6-4-3-5-7-13/h3-10,19H,2,11-12H2,1H3. The van der Waals surface area contributed by atoms with Crippen molar-refractivity contribution in [1.82, 2.24) is 0 Å². The van der Waals surface area contributed by atoms with E-state index < -0.39 is 0 Å². The molecule has 4 heteroatoms. The van der Waals surface area contributed by atoms with Gasteiger partial charge >= 0.3 is 0 Å². The van der Waals surface area contributed by atoms with E-state index in [-0.39, 0.29) is 5.78 Å². The molecule has 0 aliphatic carbocycles. The average molecular weight is 348 g/mol. The van der Waals surface area contributed by atoms with Gasteiger partial charge in [0.25, 0.3) is 0 Å². The van der Waals surface area contributed by atoms with Gasteiger partial charge in [-0.25, -0.2) is 0 Å². The average Bonchev–Trinajstić information content (AvgIpc) is 2.54. The van der Waals surface area contributed by atoms with Gasteiger partial charge in [-0.2, -0.15) is 0 Å². The Kier molecular flexibility index (Phi) is 5.81. The molecular formula is C17H18BrNO2. The summed E-state index contributed by atoms with van der Waals surface area (Å²) in [5, 5.41) is 3.66. The van der Waals surface area contributed by atoms with E-state index >= 15 is 0 Å². The first kappa shape index (κ1) is 15.6. The lowest BCUT2D eigenvalue weighted by Crippen LogP contribution is -2.06. The van der Waals surface area contributed by atoms with E-state index in [1.54, 1.807) is 6.07 Å². The number of hydrogen-bond acceptors (Lipinski definition) is 3. The minimum absolute atomic E-state index is 0.0563. The molecule has 21 heavy (non-hydrogen) atoms. The third-order valence-electron chi connectivity index (χ3n) is 3.05. The molecule has 0 aliphatic heterocycles. The van der Waals surface area contributed by atoms with Gasteiger partial charge in [-0.3, -0.25) is 4.79 Å². The number of ketones is 1. The molecule has 0 bridgehead atoms. The van der Waals surface area contributed by atoms with Crippen LogP contribution in [0, 0.1) is 0 Å². The van der Waals surface area contributed by atoms with Gasteiger partial charge in [-0.05, 0) is 30.7 Å². The van der Waals surface area contributed by atoms with Crippen LogP contribution in [-0.4, -0.2) is 17.7 Å². The predicted octanol–water partition coefficient (Wildman–Crippen LogP) is 4.28. The fraction of sp³-hybridized carbons (Fsp3) is 0.235. The Morgan fingerprint density at radius 1 is 1.19 bits per heavy atom. The molecule has 110 valence electrons. The van der Waals surface area contributed by atoms with Crippen molar-refractivity contribution < 1.29 is 9.53 Å². The van der Waals surface area contributed by atoms with Gasteiger partial charge in [0, 0.05) is 12.1 Å². The smallest absolute Gasteiger partial charge is 0.173 e. The van der Waals surface area contributed by atoms with E-state index in [0.717, 1.165) is 11.4 Å². The van der Waals surface area contributed by atoms with E-state index in [1.807, 2.05) is 37.3 Å². The van der Waals surface area contributed by atoms with E-state index in [0.29, 0.717) is 24.0 Å². The van der Waals surface area contributed by atoms with Crippen LogP contribution < -0.4 is 10.1 Å². The maximum absolute atomic E-state index is 11.8. The number of benzene rings is 2. The summed E-state index contributed by atoms with van der Waals surface area (Å²) in [4.78, 5) is 11.8. The zero-order valence-corrected chi connectivity index (χ0v) is 13.5. The van der Waals surface area contributed by atoms with E-state index in [1.165, 1.54) is 5.56 Å². The normalized spacial score (nSPS) is 10.2. The number of ether oxygens (including phenoxy) is 1. The quantitative estimate of drug-likeness (QED) is 0.600. The molecule has 0 amide bonds. The molecule has 0 heterocycles. The monoisotopic (exact) mass is 347 g/mol. The number of Topliss-reactive ketones (excluding diaryl/α,β-unsaturated/α-hetero) is 1. The highest BCUT2D eigenvalue weighted by Crippen LogP contribution is 2.27. The summed E-state index contributed by atoms with van der Waals surface area (Å²) >= 11 is 3.20. The van der Waals surface area contributed by atoms with E-state index in [9.17, 15) is 4.79 Å². The molecule has 2 aromatic rings. The first-order chi connectivity index (χ1) is 10.2. The molecule has 0 saturated carbocycles. The van der Waals surface area contributed by atoms with Crippen molar-refractivity contribution in [1.29, 1.82) is 0 Å². The summed E-state index contributed by atoms with van der Waals surface area (Å²) in [6, 6.07) is 15.6. The van der Waals surface area contributed by atoms with Gasteiger partial charge in [-0.15, -0.1) is 0 Å². The molecule has 2 aromatic carbocycles. The molecule has 3 nitrogen and oxygen atoms in total. The van der Waals surface area contributed by atoms with Crippen molar-refractivity contribution in [2.45, 2.75) is 13.5 Å². The molecule has 0 spiro atoms. The van der Waals surface area contributed by atoms with Crippen LogP contribution in [-0.2, 0) is 6.54 Å². The predicted molar refractivity (Wildman–Crippen MR) is 89.5 cm³/mol. The van der Waals surface area contributed by atoms with Crippen molar-refractivity contribution in [3.63, 3.8) is 0 Å². The Balaban J connectivity index is 2.19. The number of anilines is 1. The fourth-order valence-corrected chi connectivity index (χ4v) is 2.32. The van der Waals surface area contributed by atoms with Crippen molar-refractivity contribution in [3.8, 4) is 5.75 Å². The topological polar surface area (TPSA) is 38.3 Å². The second kappa shape index (κ2) is 7.84. The number of halogens is 1. The summed E-state index contributed by atoms with van der Waals surface area (Å²) in [6.45, 7) is 3.22. The number of rotatable bonds is 7. The minimum Gasteiger partial charge on any atom is -0.492 e. The lowest BCUT2D eigenvalue weighted by Gasteiger charge is -2.13. The molecule has 0 aromatic heterocycles. The van der Waals surface area contributed by atoms with Crippen LogP contribution in [0.1, 0.15) is 22.8 Å². The number of alkyl halides is 1. The van der Waals surface area contributed by atoms with E-state index in [4.69, 9.17) is 4.74 Å². The Morgan fingerprint density at radius 2 is 1.95 bits per heavy atom. The highest BCUT2D eigenvalue weighted by atomic mass is 79.9. The number of carbonyl (C=O) groups is 1. The summed E-state index contributed by atoms with van der Waals surface area (Å²) < 4.78 is 5.61. The van der Waals surface area contributed by atoms with Crippen LogP contribution in [0.5, 0.6) is 5.75 Å². The highest BCUT2D eigenvalue weighted by molar-refractivity contribution is 9.09. The first-order valence-electron chi connectivity index (χ1n) is 6.88. The Bertz CT molecular complexity index is 599. The third kappa shape index (κ3) is 4.33. The van der Waals surface area contributed by atoms with Gasteiger partial charge in [0.1, 0.15) is 5.75 Å². The highest BCUT2D eigenvalue weighted by Gasteiger charge is 2.09. The minimum atomic E-state index is 0.0563. The van der Waals surface area contributed by atoms with Gasteiger partial charge in [-0.1, -0.05) is 46.3 Å². The van der Waals surface area contributed by atoms with Crippen molar-refractivity contribution in [2.75, 3.05) is 17.3 Å². The van der Waals surface area contributed by atoms with Gasteiger partial charge in [0.15, 0.2) is 5.78 Å². The van der Waals surface area contributed by atoms with Crippen LogP contribution in [0.4, 0.5) is 5.69 Å². The molecule has 2 rings (SSSR count). The molecule has 1 N–H and O–H groups in total. The largest absolute Gasteiger partial charge is 0.492 e. The van der Waals surface area contributed by atoms with Crippen LogP contribution in [0.3, 0.4) is 0 Å². The molecule has 0 radical (unpaired) electrons. The zero-order chi connectivity index (χ0) is 15.1. The Labute approximate surface area is 133 Å². The van der Waals surface area contributed by atoms with Gasteiger partial charge in [0.2, 0.25) is 0 Å². The molecule has 0 unspecified atom stereocenters. The molecular weight excluding hydrogens is 330 g/mol. The summed E-state index contributed by atoms with van der Waals surface area (Å²) in [5.41, 5.74) is 2.69. The van der Waals surface area contributed by atoms with Crippen molar-refractivity contribution in [2.24, 2.45) is 0 Å². The zero-order valence-electron chi connectivity index (χ0n) is 11.9. The summed E-state index contributed by atoms with van der Waals surface area (Å²) in [7, 11) is 0. The summed E-state index contributed by atoms with van der Waals surface area (Å²) in [5.74, 6) is 0.820. The van der Waals surface area contributed by atoms with Crippen LogP contribution in [0.15, 0.2) is 48.5 Å². The second-order valence-corrected chi connectivity index (χ2v) is 5.10. The molecule has 0 atom stereocenters. The van der Waals surface area contributed by atoms with Gasteiger partial charge < -0.3 is 10.1 Å². The molecule has 0 aliphatic rings. The number of hydrogen-bond donors (Lipinski definition) is 1. The van der Waals surface area contributed by atoms with Crippen LogP contribution in [0.25, 0.3) is 0 Å². The maximum atomic E-state index is 11.8. The number of nitrogens with one attached hydrogen (secondary N) is 1.